The van der Waals surface area contributed by atoms with E-state index in [1.54, 1.807) is 49.6 Å². The molecule has 1 aromatic carbocycles. The van der Waals surface area contributed by atoms with Crippen LogP contribution in [0.5, 0.6) is 0 Å². The quantitative estimate of drug-likeness (QED) is 0.885. The monoisotopic (exact) mass is 297 g/mol. The molecule has 2 aromatic rings. The fourth-order valence-corrected chi connectivity index (χ4v) is 1.89. The summed E-state index contributed by atoms with van der Waals surface area (Å²) in [6.07, 6.45) is 1.34. The first-order chi connectivity index (χ1) is 10.6. The van der Waals surface area contributed by atoms with Crippen molar-refractivity contribution in [3.63, 3.8) is 0 Å². The Morgan fingerprint density at radius 3 is 2.77 bits per heavy atom. The van der Waals surface area contributed by atoms with Crippen molar-refractivity contribution < 1.29 is 14.0 Å². The van der Waals surface area contributed by atoms with Gasteiger partial charge >= 0.3 is 0 Å². The van der Waals surface area contributed by atoms with Crippen LogP contribution in [0.4, 0.5) is 5.69 Å². The van der Waals surface area contributed by atoms with Crippen LogP contribution in [-0.2, 0) is 11.3 Å². The Bertz CT molecular complexity index is 715. The molecule has 0 radical (unpaired) electrons. The van der Waals surface area contributed by atoms with Crippen LogP contribution in [0.15, 0.2) is 41.0 Å². The van der Waals surface area contributed by atoms with E-state index in [9.17, 15) is 9.59 Å². The van der Waals surface area contributed by atoms with E-state index in [0.29, 0.717) is 23.6 Å². The number of rotatable bonds is 5. The molecule has 2 amide bonds. The number of amides is 2. The summed E-state index contributed by atoms with van der Waals surface area (Å²) in [7, 11) is 0. The Labute approximate surface area is 127 Å². The molecule has 0 bridgehead atoms. The van der Waals surface area contributed by atoms with Crippen LogP contribution in [0.3, 0.4) is 0 Å². The number of nitriles is 1. The average Bonchev–Trinajstić information content (AvgIpc) is 3.00. The maximum atomic E-state index is 12.0. The third kappa shape index (κ3) is 3.96. The van der Waals surface area contributed by atoms with Gasteiger partial charge in [-0.15, -0.1) is 0 Å². The highest BCUT2D eigenvalue weighted by atomic mass is 16.3. The lowest BCUT2D eigenvalue weighted by Crippen LogP contribution is -2.22. The van der Waals surface area contributed by atoms with Crippen LogP contribution < -0.4 is 10.6 Å². The first-order valence-corrected chi connectivity index (χ1v) is 6.68. The molecule has 1 heterocycles. The topological polar surface area (TPSA) is 95.1 Å². The van der Waals surface area contributed by atoms with Crippen molar-refractivity contribution in [2.75, 3.05) is 5.32 Å². The van der Waals surface area contributed by atoms with E-state index in [0.717, 1.165) is 5.56 Å². The predicted molar refractivity (Wildman–Crippen MR) is 79.9 cm³/mol. The van der Waals surface area contributed by atoms with Crippen molar-refractivity contribution in [1.29, 1.82) is 5.26 Å². The van der Waals surface area contributed by atoms with Gasteiger partial charge in [-0.05, 0) is 42.8 Å². The zero-order valence-electron chi connectivity index (χ0n) is 12.1. The maximum absolute atomic E-state index is 12.0. The smallest absolute Gasteiger partial charge is 0.251 e. The Morgan fingerprint density at radius 1 is 1.32 bits per heavy atom. The fourth-order valence-electron chi connectivity index (χ4n) is 1.89. The molecule has 2 rings (SSSR count). The van der Waals surface area contributed by atoms with Crippen LogP contribution in [0, 0.1) is 18.3 Å². The zero-order chi connectivity index (χ0) is 15.9. The molecule has 0 saturated heterocycles. The summed E-state index contributed by atoms with van der Waals surface area (Å²) in [5, 5.41) is 13.8. The van der Waals surface area contributed by atoms with Gasteiger partial charge in [-0.3, -0.25) is 9.59 Å². The summed E-state index contributed by atoms with van der Waals surface area (Å²) >= 11 is 0. The van der Waals surface area contributed by atoms with Crippen LogP contribution in [0.2, 0.25) is 0 Å². The Hall–Kier alpha value is -3.07. The van der Waals surface area contributed by atoms with Crippen LogP contribution in [0.25, 0.3) is 0 Å². The summed E-state index contributed by atoms with van der Waals surface area (Å²) in [4.78, 5) is 23.4. The lowest BCUT2D eigenvalue weighted by atomic mass is 10.1. The van der Waals surface area contributed by atoms with Crippen molar-refractivity contribution >= 4 is 17.5 Å². The molecule has 0 aliphatic heterocycles. The number of furan rings is 1. The summed E-state index contributed by atoms with van der Waals surface area (Å²) in [5.41, 5.74) is 1.82. The fraction of sp³-hybridized carbons (Fsp3) is 0.188. The first-order valence-electron chi connectivity index (χ1n) is 6.68. The van der Waals surface area contributed by atoms with E-state index >= 15 is 0 Å². The molecule has 112 valence electrons. The van der Waals surface area contributed by atoms with Gasteiger partial charge in [0.15, 0.2) is 0 Å². The third-order valence-corrected chi connectivity index (χ3v) is 3.01. The van der Waals surface area contributed by atoms with E-state index in [1.165, 1.54) is 0 Å². The van der Waals surface area contributed by atoms with E-state index in [-0.39, 0.29) is 18.2 Å². The van der Waals surface area contributed by atoms with Crippen molar-refractivity contribution in [3.8, 4) is 6.07 Å². The molecule has 0 unspecified atom stereocenters. The number of hydrogen-bond donors (Lipinski definition) is 2. The molecule has 6 nitrogen and oxygen atoms in total. The normalized spacial score (nSPS) is 9.82. The molecule has 0 fully saturated rings. The standard InChI is InChI=1S/C16H15N3O3/c1-11-9-12(4-5-14(11)19-15(20)6-7-17)16(21)18-10-13-3-2-8-22-13/h2-5,8-9H,6,10H2,1H3,(H,18,21)(H,19,20). The molecule has 0 spiro atoms. The molecule has 0 saturated carbocycles. The Kier molecular flexibility index (Phi) is 4.94. The molecule has 2 N–H and O–H groups in total. The van der Waals surface area contributed by atoms with Gasteiger partial charge in [0.25, 0.3) is 5.91 Å². The molecular weight excluding hydrogens is 282 g/mol. The minimum absolute atomic E-state index is 0.204. The predicted octanol–water partition coefficient (Wildman–Crippen LogP) is 2.37. The van der Waals surface area contributed by atoms with Gasteiger partial charge in [0.2, 0.25) is 5.91 Å². The molecule has 22 heavy (non-hydrogen) atoms. The van der Waals surface area contributed by atoms with Gasteiger partial charge in [-0.25, -0.2) is 0 Å². The van der Waals surface area contributed by atoms with Crippen molar-refractivity contribution in [2.45, 2.75) is 19.9 Å². The molecule has 6 heteroatoms. The number of hydrogen-bond acceptors (Lipinski definition) is 4. The molecule has 1 aromatic heterocycles. The first kappa shape index (κ1) is 15.3. The lowest BCUT2D eigenvalue weighted by Gasteiger charge is -2.09. The van der Waals surface area contributed by atoms with Gasteiger partial charge in [0, 0.05) is 11.3 Å². The zero-order valence-corrected chi connectivity index (χ0v) is 12.1. The van der Waals surface area contributed by atoms with Gasteiger partial charge in [-0.2, -0.15) is 5.26 Å². The van der Waals surface area contributed by atoms with Crippen molar-refractivity contribution in [1.82, 2.24) is 5.32 Å². The summed E-state index contributed by atoms with van der Waals surface area (Å²) in [6.45, 7) is 2.09. The molecule has 0 aliphatic rings. The second-order valence-corrected chi connectivity index (χ2v) is 4.67. The molecule has 0 atom stereocenters. The third-order valence-electron chi connectivity index (χ3n) is 3.01. The van der Waals surface area contributed by atoms with E-state index in [2.05, 4.69) is 10.6 Å². The second kappa shape index (κ2) is 7.09. The number of benzene rings is 1. The maximum Gasteiger partial charge on any atom is 0.251 e. The number of carbonyl (C=O) groups excluding carboxylic acids is 2. The van der Waals surface area contributed by atoms with E-state index in [4.69, 9.17) is 9.68 Å². The minimum atomic E-state index is -0.374. The van der Waals surface area contributed by atoms with Crippen LogP contribution in [-0.4, -0.2) is 11.8 Å². The lowest BCUT2D eigenvalue weighted by molar-refractivity contribution is -0.115. The van der Waals surface area contributed by atoms with Gasteiger partial charge in [0.1, 0.15) is 12.2 Å². The van der Waals surface area contributed by atoms with E-state index < -0.39 is 0 Å². The van der Waals surface area contributed by atoms with Crippen molar-refractivity contribution in [3.05, 3.63) is 53.5 Å². The van der Waals surface area contributed by atoms with E-state index in [1.807, 2.05) is 0 Å². The molecular formula is C16H15N3O3. The SMILES string of the molecule is Cc1cc(C(=O)NCc2ccco2)ccc1NC(=O)CC#N. The summed E-state index contributed by atoms with van der Waals surface area (Å²) in [6, 6.07) is 10.3. The largest absolute Gasteiger partial charge is 0.467 e. The average molecular weight is 297 g/mol. The highest BCUT2D eigenvalue weighted by Gasteiger charge is 2.10. The molecule has 0 aliphatic carbocycles. The Morgan fingerprint density at radius 2 is 2.14 bits per heavy atom. The Balaban J connectivity index is 2.00. The number of aryl methyl sites for hydroxylation is 1. The van der Waals surface area contributed by atoms with Gasteiger partial charge < -0.3 is 15.1 Å². The highest BCUT2D eigenvalue weighted by Crippen LogP contribution is 2.17. The van der Waals surface area contributed by atoms with Crippen LogP contribution in [0.1, 0.15) is 28.1 Å². The van der Waals surface area contributed by atoms with Gasteiger partial charge in [0.05, 0.1) is 18.9 Å². The van der Waals surface area contributed by atoms with Crippen molar-refractivity contribution in [2.24, 2.45) is 0 Å². The number of nitrogens with one attached hydrogen (secondary N) is 2. The highest BCUT2D eigenvalue weighted by molar-refractivity contribution is 5.96. The minimum Gasteiger partial charge on any atom is -0.467 e. The summed E-state index contributed by atoms with van der Waals surface area (Å²) in [5.74, 6) is 0.0699. The number of anilines is 1. The van der Waals surface area contributed by atoms with Gasteiger partial charge in [-0.1, -0.05) is 0 Å². The van der Waals surface area contributed by atoms with Crippen LogP contribution >= 0.6 is 0 Å². The number of nitrogens with zero attached hydrogens (tertiary/aromatic N) is 1. The summed E-state index contributed by atoms with van der Waals surface area (Å²) < 4.78 is 5.14. The number of carbonyl (C=O) groups is 2. The second-order valence-electron chi connectivity index (χ2n) is 4.67.